The molecule has 0 aliphatic carbocycles. The van der Waals surface area contributed by atoms with Crippen molar-refractivity contribution in [1.29, 1.82) is 0 Å². The molecule has 0 amide bonds. The van der Waals surface area contributed by atoms with E-state index in [0.29, 0.717) is 16.9 Å². The summed E-state index contributed by atoms with van der Waals surface area (Å²) in [5.41, 5.74) is 1.50. The summed E-state index contributed by atoms with van der Waals surface area (Å²) in [5, 5.41) is 12.1. The fourth-order valence-corrected chi connectivity index (χ4v) is 2.95. The Morgan fingerprint density at radius 1 is 1.03 bits per heavy atom. The van der Waals surface area contributed by atoms with Crippen LogP contribution in [0, 0.1) is 5.92 Å². The molecule has 9 heteroatoms. The van der Waals surface area contributed by atoms with Gasteiger partial charge in [0.2, 0.25) is 0 Å². The monoisotopic (exact) mass is 440 g/mol. The Labute approximate surface area is 184 Å². The highest BCUT2D eigenvalue weighted by atomic mass is 16.5. The van der Waals surface area contributed by atoms with Crippen LogP contribution in [0.1, 0.15) is 46.0 Å². The molecule has 0 radical (unpaired) electrons. The second kappa shape index (κ2) is 12.0. The number of nitrogens with zero attached hydrogens (tertiary/aromatic N) is 1. The van der Waals surface area contributed by atoms with Gasteiger partial charge in [-0.2, -0.15) is 5.10 Å². The largest absolute Gasteiger partial charge is 0.482 e. The number of carboxylic acids is 1. The minimum absolute atomic E-state index is 0.00469. The van der Waals surface area contributed by atoms with E-state index in [1.807, 2.05) is 0 Å². The molecule has 0 fully saturated rings. The molecule has 9 nitrogen and oxygen atoms in total. The molecule has 168 valence electrons. The van der Waals surface area contributed by atoms with E-state index in [9.17, 15) is 19.2 Å². The van der Waals surface area contributed by atoms with Gasteiger partial charge in [0, 0.05) is 30.4 Å². The molecule has 0 bridgehead atoms. The van der Waals surface area contributed by atoms with Crippen molar-refractivity contribution in [3.05, 3.63) is 65.2 Å². The predicted molar refractivity (Wildman–Crippen MR) is 116 cm³/mol. The van der Waals surface area contributed by atoms with Crippen molar-refractivity contribution in [1.82, 2.24) is 0 Å². The van der Waals surface area contributed by atoms with Gasteiger partial charge in [-0.1, -0.05) is 24.3 Å². The first-order valence-electron chi connectivity index (χ1n) is 9.79. The molecular weight excluding hydrogens is 416 g/mol. The molecular formula is C23H24N2O7. The summed E-state index contributed by atoms with van der Waals surface area (Å²) in [5.74, 6) is 2.60. The highest BCUT2D eigenvalue weighted by molar-refractivity contribution is 6.03. The fraction of sp³-hybridized carbons (Fsp3) is 0.261. The van der Waals surface area contributed by atoms with Crippen LogP contribution in [0.25, 0.3) is 0 Å². The normalized spacial score (nSPS) is 11.7. The van der Waals surface area contributed by atoms with Crippen molar-refractivity contribution in [3.8, 4) is 5.75 Å². The average Bonchev–Trinajstić information content (AvgIpc) is 2.77. The molecule has 0 aliphatic rings. The van der Waals surface area contributed by atoms with E-state index in [1.165, 1.54) is 37.4 Å². The van der Waals surface area contributed by atoms with Crippen LogP contribution < -0.4 is 10.6 Å². The number of hydrogen-bond donors (Lipinski definition) is 2. The number of Topliss-reactive ketones (excluding diaryl/α,β-unsaturated/α-hetero) is 2. The number of ketones is 2. The van der Waals surface area contributed by atoms with E-state index < -0.39 is 24.5 Å². The zero-order chi connectivity index (χ0) is 23.5. The molecule has 0 aromatic heterocycles. The van der Waals surface area contributed by atoms with Crippen molar-refractivity contribution in [2.45, 2.75) is 19.8 Å². The quantitative estimate of drug-likeness (QED) is 0.168. The maximum Gasteiger partial charge on any atom is 0.341 e. The lowest BCUT2D eigenvalue weighted by molar-refractivity contribution is -0.141. The minimum Gasteiger partial charge on any atom is -0.482 e. The Bertz CT molecular complexity index is 982. The molecule has 0 saturated carbocycles. The van der Waals surface area contributed by atoms with Gasteiger partial charge < -0.3 is 20.4 Å². The number of ether oxygens (including phenoxy) is 2. The van der Waals surface area contributed by atoms with Crippen LogP contribution in [-0.2, 0) is 14.3 Å². The molecule has 0 heterocycles. The molecule has 1 atom stereocenters. The second-order valence-electron chi connectivity index (χ2n) is 6.92. The van der Waals surface area contributed by atoms with E-state index in [4.69, 9.17) is 20.4 Å². The van der Waals surface area contributed by atoms with Crippen molar-refractivity contribution in [3.63, 3.8) is 0 Å². The van der Waals surface area contributed by atoms with Crippen LogP contribution in [0.3, 0.4) is 0 Å². The van der Waals surface area contributed by atoms with Crippen molar-refractivity contribution < 1.29 is 33.8 Å². The van der Waals surface area contributed by atoms with E-state index in [1.54, 1.807) is 24.3 Å². The molecule has 0 aliphatic heterocycles. The predicted octanol–water partition coefficient (Wildman–Crippen LogP) is 2.47. The Morgan fingerprint density at radius 3 is 2.22 bits per heavy atom. The standard InChI is InChI=1S/C23H24N2O7/c1-15(26)31-11-10-19(12-21(27)17-4-2-16(3-5-17)13-25-24)23(30)18-6-8-20(9-7-18)32-14-22(28)29/h2-9,13,19H,10-12,14,24H2,1H3,(H,28,29). The van der Waals surface area contributed by atoms with E-state index >= 15 is 0 Å². The lowest BCUT2D eigenvalue weighted by Crippen LogP contribution is -2.21. The van der Waals surface area contributed by atoms with Gasteiger partial charge in [-0.3, -0.25) is 14.4 Å². The molecule has 0 spiro atoms. The molecule has 0 saturated heterocycles. The van der Waals surface area contributed by atoms with Gasteiger partial charge in [-0.15, -0.1) is 0 Å². The zero-order valence-corrected chi connectivity index (χ0v) is 17.5. The number of hydrogen-bond acceptors (Lipinski definition) is 8. The first-order chi connectivity index (χ1) is 15.3. The number of carboxylic acid groups (broad SMARTS) is 1. The maximum absolute atomic E-state index is 13.0. The smallest absolute Gasteiger partial charge is 0.341 e. The summed E-state index contributed by atoms with van der Waals surface area (Å²) in [4.78, 5) is 47.5. The zero-order valence-electron chi connectivity index (χ0n) is 17.5. The lowest BCUT2D eigenvalue weighted by Gasteiger charge is -2.16. The fourth-order valence-electron chi connectivity index (χ4n) is 2.95. The number of nitrogens with two attached hydrogens (primary N) is 1. The van der Waals surface area contributed by atoms with Gasteiger partial charge in [0.25, 0.3) is 0 Å². The summed E-state index contributed by atoms with van der Waals surface area (Å²) in [6.45, 7) is 0.775. The third-order valence-corrected chi connectivity index (χ3v) is 4.53. The Kier molecular flexibility index (Phi) is 9.09. The van der Waals surface area contributed by atoms with Crippen LogP contribution in [0.2, 0.25) is 0 Å². The van der Waals surface area contributed by atoms with Gasteiger partial charge in [0.1, 0.15) is 5.75 Å². The minimum atomic E-state index is -1.11. The van der Waals surface area contributed by atoms with Crippen molar-refractivity contribution in [2.24, 2.45) is 16.9 Å². The van der Waals surface area contributed by atoms with E-state index in [-0.39, 0.29) is 31.0 Å². The second-order valence-corrected chi connectivity index (χ2v) is 6.92. The van der Waals surface area contributed by atoms with Gasteiger partial charge in [0.15, 0.2) is 18.2 Å². The van der Waals surface area contributed by atoms with Crippen LogP contribution in [0.5, 0.6) is 5.75 Å². The van der Waals surface area contributed by atoms with Crippen LogP contribution in [0.4, 0.5) is 0 Å². The van der Waals surface area contributed by atoms with Crippen LogP contribution in [0.15, 0.2) is 53.6 Å². The number of carbonyl (C=O) groups excluding carboxylic acids is 3. The molecule has 2 aromatic carbocycles. The highest BCUT2D eigenvalue weighted by Gasteiger charge is 2.24. The summed E-state index contributed by atoms with van der Waals surface area (Å²) in [6, 6.07) is 12.6. The Morgan fingerprint density at radius 2 is 1.66 bits per heavy atom. The topological polar surface area (TPSA) is 145 Å². The molecule has 3 N–H and O–H groups in total. The Hall–Kier alpha value is -4.01. The summed E-state index contributed by atoms with van der Waals surface area (Å²) in [6.07, 6.45) is 1.56. The van der Waals surface area contributed by atoms with Gasteiger partial charge >= 0.3 is 11.9 Å². The number of aliphatic carboxylic acids is 1. The van der Waals surface area contributed by atoms with Crippen LogP contribution in [-0.4, -0.2) is 48.0 Å². The highest BCUT2D eigenvalue weighted by Crippen LogP contribution is 2.22. The molecule has 1 unspecified atom stereocenters. The first-order valence-corrected chi connectivity index (χ1v) is 9.79. The molecule has 2 aromatic rings. The Balaban J connectivity index is 2.14. The van der Waals surface area contributed by atoms with E-state index in [0.717, 1.165) is 5.56 Å². The number of benzene rings is 2. The number of carbonyl (C=O) groups is 4. The van der Waals surface area contributed by atoms with Gasteiger partial charge in [-0.05, 0) is 36.2 Å². The van der Waals surface area contributed by atoms with Crippen molar-refractivity contribution in [2.75, 3.05) is 13.2 Å². The average molecular weight is 440 g/mol. The lowest BCUT2D eigenvalue weighted by atomic mass is 9.88. The number of esters is 1. The number of hydrazone groups is 1. The van der Waals surface area contributed by atoms with Crippen LogP contribution >= 0.6 is 0 Å². The SMILES string of the molecule is CC(=O)OCCC(CC(=O)c1ccc(C=NN)cc1)C(=O)c1ccc(OCC(=O)O)cc1. The summed E-state index contributed by atoms with van der Waals surface area (Å²) in [7, 11) is 0. The van der Waals surface area contributed by atoms with Gasteiger partial charge in [-0.25, -0.2) is 4.79 Å². The van der Waals surface area contributed by atoms with Gasteiger partial charge in [0.05, 0.1) is 12.8 Å². The molecule has 32 heavy (non-hydrogen) atoms. The first kappa shape index (κ1) is 24.3. The third kappa shape index (κ3) is 7.67. The third-order valence-electron chi connectivity index (χ3n) is 4.53. The maximum atomic E-state index is 13.0. The van der Waals surface area contributed by atoms with Crippen molar-refractivity contribution >= 4 is 29.7 Å². The summed E-state index contributed by atoms with van der Waals surface area (Å²) < 4.78 is 10.0. The molecule has 2 rings (SSSR count). The summed E-state index contributed by atoms with van der Waals surface area (Å²) >= 11 is 0. The van der Waals surface area contributed by atoms with E-state index in [2.05, 4.69) is 5.10 Å². The number of rotatable bonds is 12.